The fourth-order valence-corrected chi connectivity index (χ4v) is 8.77. The molecule has 76 heavy (non-hydrogen) atoms. The maximum Gasteiger partial charge on any atom is 0.311 e. The number of aliphatic imine (C=N–C) groups is 4. The first-order valence-corrected chi connectivity index (χ1v) is 24.9. The van der Waals surface area contributed by atoms with Crippen LogP contribution in [0.2, 0.25) is 0 Å². The van der Waals surface area contributed by atoms with Crippen LogP contribution in [-0.2, 0) is 19.2 Å². The molecule has 376 valence electrons. The number of nitrogens with zero attached hydrogens (tertiary/aromatic N) is 4. The van der Waals surface area contributed by atoms with Crippen molar-refractivity contribution in [1.29, 1.82) is 0 Å². The molecule has 12 heteroatoms. The van der Waals surface area contributed by atoms with E-state index in [0.29, 0.717) is 116 Å². The Morgan fingerprint density at radius 3 is 1.24 bits per heavy atom. The number of ether oxygens (including phenoxy) is 4. The zero-order valence-corrected chi connectivity index (χ0v) is 41.7. The van der Waals surface area contributed by atoms with Crippen molar-refractivity contribution in [2.45, 2.75) is 51.4 Å². The molecule has 5 heterocycles. The van der Waals surface area contributed by atoms with Gasteiger partial charge in [-0.1, -0.05) is 97.1 Å². The van der Waals surface area contributed by atoms with Gasteiger partial charge in [-0.05, 0) is 98.6 Å². The van der Waals surface area contributed by atoms with Gasteiger partial charge in [-0.2, -0.15) is 0 Å². The number of fused-ring (bicyclic) bond motifs is 4. The highest BCUT2D eigenvalue weighted by molar-refractivity contribution is 6.51. The van der Waals surface area contributed by atoms with Gasteiger partial charge in [0.25, 0.3) is 0 Å². The van der Waals surface area contributed by atoms with Gasteiger partial charge in [0.1, 0.15) is 23.0 Å². The summed E-state index contributed by atoms with van der Waals surface area (Å²) >= 11 is 0. The molecule has 0 unspecified atom stereocenters. The number of hydrogen-bond acceptors (Lipinski definition) is 12. The van der Waals surface area contributed by atoms with Gasteiger partial charge in [0.05, 0.1) is 45.6 Å². The minimum atomic E-state index is -0.509. The number of para-hydroxylation sites is 4. The molecule has 0 spiro atoms. The molecule has 0 aliphatic carbocycles. The fourth-order valence-electron chi connectivity index (χ4n) is 8.77. The lowest BCUT2D eigenvalue weighted by atomic mass is 9.85. The van der Waals surface area contributed by atoms with Gasteiger partial charge in [0.2, 0.25) is 0 Å². The zero-order valence-electron chi connectivity index (χ0n) is 41.7. The van der Waals surface area contributed by atoms with Gasteiger partial charge >= 0.3 is 23.9 Å². The van der Waals surface area contributed by atoms with Gasteiger partial charge in [0, 0.05) is 70.2 Å². The molecule has 5 aliphatic heterocycles. The van der Waals surface area contributed by atoms with Crippen LogP contribution in [0.25, 0.3) is 22.3 Å². The number of hydrogen-bond donors (Lipinski definition) is 0. The van der Waals surface area contributed by atoms with Crippen LogP contribution in [0.1, 0.15) is 73.6 Å². The minimum absolute atomic E-state index is 0.0491. The first kappa shape index (κ1) is 51.2. The molecule has 0 saturated heterocycles. The number of esters is 4. The van der Waals surface area contributed by atoms with Crippen molar-refractivity contribution < 1.29 is 38.1 Å². The van der Waals surface area contributed by atoms with Crippen molar-refractivity contribution in [1.82, 2.24) is 0 Å². The van der Waals surface area contributed by atoms with Crippen molar-refractivity contribution in [2.24, 2.45) is 20.0 Å². The van der Waals surface area contributed by atoms with E-state index in [1.165, 1.54) is 0 Å². The highest BCUT2D eigenvalue weighted by atomic mass is 16.5. The molecule has 12 nitrogen and oxygen atoms in total. The van der Waals surface area contributed by atoms with Gasteiger partial charge in [-0.15, -0.1) is 26.3 Å². The van der Waals surface area contributed by atoms with Crippen LogP contribution < -0.4 is 18.9 Å². The number of rotatable bonds is 20. The van der Waals surface area contributed by atoms with Gasteiger partial charge in [0.15, 0.2) is 0 Å². The van der Waals surface area contributed by atoms with Crippen molar-refractivity contribution in [2.75, 3.05) is 0 Å². The second-order valence-electron chi connectivity index (χ2n) is 17.6. The Balaban J connectivity index is 1.44. The zero-order chi connectivity index (χ0) is 53.0. The lowest BCUT2D eigenvalue weighted by Gasteiger charge is -2.21. The van der Waals surface area contributed by atoms with E-state index in [0.717, 1.165) is 0 Å². The summed E-state index contributed by atoms with van der Waals surface area (Å²) in [6.07, 6.45) is 23.4. The monoisotopic (exact) mass is 1000 g/mol. The van der Waals surface area contributed by atoms with Crippen LogP contribution in [-0.4, -0.2) is 46.7 Å². The topological polar surface area (TPSA) is 155 Å². The second kappa shape index (κ2) is 23.9. The van der Waals surface area contributed by atoms with E-state index in [1.54, 1.807) is 72.8 Å². The predicted molar refractivity (Wildman–Crippen MR) is 300 cm³/mol. The van der Waals surface area contributed by atoms with Crippen LogP contribution in [0.4, 0.5) is 0 Å². The van der Waals surface area contributed by atoms with E-state index < -0.39 is 23.9 Å². The Hall–Kier alpha value is -9.68. The molecule has 4 aromatic rings. The number of carbonyl (C=O) groups is 4. The molecular weight excluding hydrogens is 953 g/mol. The summed E-state index contributed by atoms with van der Waals surface area (Å²) in [6.45, 7) is 15.2. The van der Waals surface area contributed by atoms with E-state index in [1.807, 2.05) is 97.1 Å². The molecular formula is C64H52N4O8. The quantitative estimate of drug-likeness (QED) is 0.0481. The van der Waals surface area contributed by atoms with Crippen LogP contribution in [0.15, 0.2) is 239 Å². The normalized spacial score (nSPS) is 15.1. The Kier molecular flexibility index (Phi) is 16.1. The van der Waals surface area contributed by atoms with Crippen molar-refractivity contribution >= 4 is 69.0 Å². The predicted octanol–water partition coefficient (Wildman–Crippen LogP) is 13.2. The summed E-state index contributed by atoms with van der Waals surface area (Å²) in [4.78, 5) is 75.5. The SMILES string of the molecule is C=CCCC(=O)Oc1ccccc1C1=CC2=CC3=NC(=CC4=NC(=CC5=NC(=C(c6ccccc6OC(=O)CCC=C)C1=N2)C(c1ccccc1OC(=O)CCC=C)=C5c1ccccc1OC(=O)CCC=C)C=C4)C=C3. The highest BCUT2D eigenvalue weighted by Crippen LogP contribution is 2.51. The van der Waals surface area contributed by atoms with E-state index in [-0.39, 0.29) is 48.7 Å². The fraction of sp³-hybridized carbons (Fsp3) is 0.125. The Morgan fingerprint density at radius 1 is 0.395 bits per heavy atom. The molecule has 5 aliphatic rings. The van der Waals surface area contributed by atoms with Gasteiger partial charge < -0.3 is 18.9 Å². The molecule has 0 atom stereocenters. The number of carbonyl (C=O) groups excluding carboxylic acids is 4. The van der Waals surface area contributed by atoms with E-state index >= 15 is 0 Å². The maximum atomic E-state index is 13.8. The largest absolute Gasteiger partial charge is 0.426 e. The minimum Gasteiger partial charge on any atom is -0.426 e. The summed E-state index contributed by atoms with van der Waals surface area (Å²) in [6, 6.07) is 28.5. The summed E-state index contributed by atoms with van der Waals surface area (Å²) in [5.41, 5.74) is 7.57. The highest BCUT2D eigenvalue weighted by Gasteiger charge is 2.37. The van der Waals surface area contributed by atoms with Gasteiger partial charge in [-0.3, -0.25) is 19.2 Å². The average molecular weight is 1010 g/mol. The third-order valence-electron chi connectivity index (χ3n) is 12.2. The molecule has 0 aromatic heterocycles. The second-order valence-corrected chi connectivity index (χ2v) is 17.6. The summed E-state index contributed by atoms with van der Waals surface area (Å²) in [7, 11) is 0. The van der Waals surface area contributed by atoms with E-state index in [9.17, 15) is 19.2 Å². The molecule has 0 fully saturated rings. The lowest BCUT2D eigenvalue weighted by molar-refractivity contribution is -0.135. The Bertz CT molecular complexity index is 3530. The molecule has 8 bridgehead atoms. The Morgan fingerprint density at radius 2 is 0.776 bits per heavy atom. The van der Waals surface area contributed by atoms with Gasteiger partial charge in [-0.25, -0.2) is 20.0 Å². The van der Waals surface area contributed by atoms with Crippen LogP contribution >= 0.6 is 0 Å². The summed E-state index contributed by atoms with van der Waals surface area (Å²) in [5.74, 6) is -1.07. The first-order chi connectivity index (χ1) is 37.1. The average Bonchev–Trinajstić information content (AvgIpc) is 4.29. The van der Waals surface area contributed by atoms with Crippen molar-refractivity contribution in [3.05, 3.63) is 241 Å². The molecule has 9 rings (SSSR count). The van der Waals surface area contributed by atoms with Crippen molar-refractivity contribution in [3.8, 4) is 23.0 Å². The summed E-state index contributed by atoms with van der Waals surface area (Å²) < 4.78 is 24.9. The van der Waals surface area contributed by atoms with Crippen LogP contribution in [0.5, 0.6) is 23.0 Å². The first-order valence-electron chi connectivity index (χ1n) is 24.9. The van der Waals surface area contributed by atoms with Crippen LogP contribution in [0, 0.1) is 0 Å². The molecule has 0 radical (unpaired) electrons. The maximum absolute atomic E-state index is 13.8. The Labute approximate surface area is 441 Å². The van der Waals surface area contributed by atoms with E-state index in [4.69, 9.17) is 38.9 Å². The standard InChI is InChI=1S/C64H52N4O8/c1-5-9-29-56(69)73-52-25-17-13-21-46(52)50-39-45-38-43-34-33-41(65-43)37-42-35-36-44(66-42)40-51-60(47-22-14-18-26-53(47)74-57(70)30-10-6-2)61(48-23-15-19-27-54(48)75-58(71)31-11-7-3)64(68-51)62(63(50)67-45)49-24-16-20-28-55(49)76-59(72)32-12-8-4/h5-8,13-28,33-40H,1-4,9-12,29-32H2. The molecule has 0 saturated carbocycles. The molecule has 0 amide bonds. The molecule has 0 N–H and O–H groups in total. The third-order valence-corrected chi connectivity index (χ3v) is 12.2. The number of benzene rings is 4. The van der Waals surface area contributed by atoms with Crippen molar-refractivity contribution in [3.63, 3.8) is 0 Å². The van der Waals surface area contributed by atoms with E-state index in [2.05, 4.69) is 26.3 Å². The van der Waals surface area contributed by atoms with Crippen LogP contribution in [0.3, 0.4) is 0 Å². The smallest absolute Gasteiger partial charge is 0.311 e. The third kappa shape index (κ3) is 11.7. The summed E-state index contributed by atoms with van der Waals surface area (Å²) in [5, 5.41) is 0. The lowest BCUT2D eigenvalue weighted by Crippen LogP contribution is -2.13. The molecule has 4 aromatic carbocycles. The number of allylic oxidation sites excluding steroid dienone is 16.